The Morgan fingerprint density at radius 2 is 2.06 bits per heavy atom. The Hall–Kier alpha value is -2.29. The SMILES string of the molecule is CC=CNc1nccc2c1[nH]c1ccccc12. The number of hydrogen-bond donors (Lipinski definition) is 2. The van der Waals surface area contributed by atoms with E-state index in [2.05, 4.69) is 33.5 Å². The highest BCUT2D eigenvalue weighted by Gasteiger charge is 2.07. The average Bonchev–Trinajstić information content (AvgIpc) is 2.75. The number of nitrogens with zero attached hydrogens (tertiary/aromatic N) is 1. The van der Waals surface area contributed by atoms with Crippen molar-refractivity contribution in [3.63, 3.8) is 0 Å². The Bertz CT molecular complexity index is 695. The molecular formula is C14H13N3. The minimum atomic E-state index is 0.858. The van der Waals surface area contributed by atoms with Gasteiger partial charge in [0.15, 0.2) is 5.82 Å². The lowest BCUT2D eigenvalue weighted by atomic mass is 10.2. The van der Waals surface area contributed by atoms with E-state index in [1.54, 1.807) is 0 Å². The fourth-order valence-electron chi connectivity index (χ4n) is 2.05. The average molecular weight is 223 g/mol. The molecule has 0 radical (unpaired) electrons. The lowest BCUT2D eigenvalue weighted by Crippen LogP contribution is -1.91. The van der Waals surface area contributed by atoms with Crippen LogP contribution in [0.1, 0.15) is 6.92 Å². The van der Waals surface area contributed by atoms with Crippen LogP contribution >= 0.6 is 0 Å². The predicted octanol–water partition coefficient (Wildman–Crippen LogP) is 3.66. The summed E-state index contributed by atoms with van der Waals surface area (Å²) in [5.41, 5.74) is 2.19. The normalized spacial score (nSPS) is 11.6. The molecule has 0 fully saturated rings. The molecule has 2 N–H and O–H groups in total. The molecule has 3 nitrogen and oxygen atoms in total. The zero-order chi connectivity index (χ0) is 11.7. The lowest BCUT2D eigenvalue weighted by molar-refractivity contribution is 1.32. The minimum absolute atomic E-state index is 0.858. The summed E-state index contributed by atoms with van der Waals surface area (Å²) >= 11 is 0. The van der Waals surface area contributed by atoms with Crippen molar-refractivity contribution < 1.29 is 0 Å². The van der Waals surface area contributed by atoms with E-state index in [-0.39, 0.29) is 0 Å². The second-order valence-electron chi connectivity index (χ2n) is 3.90. The highest BCUT2D eigenvalue weighted by Crippen LogP contribution is 2.28. The van der Waals surface area contributed by atoms with Crippen LogP contribution in [0.4, 0.5) is 5.82 Å². The maximum atomic E-state index is 4.35. The second-order valence-corrected chi connectivity index (χ2v) is 3.90. The highest BCUT2D eigenvalue weighted by atomic mass is 15.0. The smallest absolute Gasteiger partial charge is 0.154 e. The number of hydrogen-bond acceptors (Lipinski definition) is 2. The highest BCUT2D eigenvalue weighted by molar-refractivity contribution is 6.10. The summed E-state index contributed by atoms with van der Waals surface area (Å²) in [5, 5.41) is 5.60. The number of rotatable bonds is 2. The molecule has 0 aliphatic carbocycles. The van der Waals surface area contributed by atoms with Gasteiger partial charge in [0.05, 0.1) is 5.52 Å². The molecule has 2 aromatic heterocycles. The van der Waals surface area contributed by atoms with Crippen LogP contribution in [0.15, 0.2) is 48.8 Å². The molecule has 0 unspecified atom stereocenters. The molecule has 0 aliphatic heterocycles. The van der Waals surface area contributed by atoms with Gasteiger partial charge in [-0.3, -0.25) is 0 Å². The molecule has 17 heavy (non-hydrogen) atoms. The third kappa shape index (κ3) is 1.56. The monoisotopic (exact) mass is 223 g/mol. The van der Waals surface area contributed by atoms with Crippen LogP contribution in [0.2, 0.25) is 0 Å². The van der Waals surface area contributed by atoms with E-state index in [1.807, 2.05) is 37.5 Å². The van der Waals surface area contributed by atoms with E-state index in [1.165, 1.54) is 10.8 Å². The van der Waals surface area contributed by atoms with Crippen molar-refractivity contribution in [1.29, 1.82) is 0 Å². The number of H-pyrrole nitrogens is 1. The first-order valence-corrected chi connectivity index (χ1v) is 5.63. The largest absolute Gasteiger partial charge is 0.351 e. The van der Waals surface area contributed by atoms with Gasteiger partial charge >= 0.3 is 0 Å². The van der Waals surface area contributed by atoms with Crippen molar-refractivity contribution in [2.24, 2.45) is 0 Å². The van der Waals surface area contributed by atoms with E-state index >= 15 is 0 Å². The molecule has 3 rings (SSSR count). The molecule has 0 amide bonds. The summed E-state index contributed by atoms with van der Waals surface area (Å²) in [6.45, 7) is 1.97. The van der Waals surface area contributed by atoms with Crippen molar-refractivity contribution in [3.05, 3.63) is 48.8 Å². The Labute approximate surface area is 99.2 Å². The quantitative estimate of drug-likeness (QED) is 0.696. The number of aromatic nitrogens is 2. The minimum Gasteiger partial charge on any atom is -0.351 e. The van der Waals surface area contributed by atoms with E-state index in [9.17, 15) is 0 Å². The van der Waals surface area contributed by atoms with Gasteiger partial charge in [-0.25, -0.2) is 4.98 Å². The van der Waals surface area contributed by atoms with Crippen molar-refractivity contribution in [1.82, 2.24) is 9.97 Å². The first kappa shape index (κ1) is 9.90. The molecule has 84 valence electrons. The second kappa shape index (κ2) is 3.94. The van der Waals surface area contributed by atoms with Crippen molar-refractivity contribution >= 4 is 27.6 Å². The fourth-order valence-corrected chi connectivity index (χ4v) is 2.05. The lowest BCUT2D eigenvalue weighted by Gasteiger charge is -2.00. The number of pyridine rings is 1. The number of benzene rings is 1. The summed E-state index contributed by atoms with van der Waals surface area (Å²) in [4.78, 5) is 7.74. The number of nitrogens with one attached hydrogen (secondary N) is 2. The van der Waals surface area contributed by atoms with Gasteiger partial charge in [0.25, 0.3) is 0 Å². The number of para-hydroxylation sites is 1. The van der Waals surface area contributed by atoms with Crippen LogP contribution in [-0.4, -0.2) is 9.97 Å². The standard InChI is InChI=1S/C14H13N3/c1-2-8-15-14-13-11(7-9-16-14)10-5-3-4-6-12(10)17-13/h2-9,17H,1H3,(H,15,16). The summed E-state index contributed by atoms with van der Waals surface area (Å²) in [6, 6.07) is 10.3. The van der Waals surface area contributed by atoms with Crippen molar-refractivity contribution in [3.8, 4) is 0 Å². The Morgan fingerprint density at radius 1 is 1.18 bits per heavy atom. The first-order chi connectivity index (χ1) is 8.40. The summed E-state index contributed by atoms with van der Waals surface area (Å²) in [5.74, 6) is 0.858. The zero-order valence-corrected chi connectivity index (χ0v) is 9.57. The van der Waals surface area contributed by atoms with Crippen LogP contribution in [0, 0.1) is 0 Å². The van der Waals surface area contributed by atoms with Crippen molar-refractivity contribution in [2.45, 2.75) is 6.92 Å². The van der Waals surface area contributed by atoms with E-state index < -0.39 is 0 Å². The molecule has 1 aromatic carbocycles. The molecule has 0 saturated heterocycles. The maximum absolute atomic E-state index is 4.35. The molecule has 0 spiro atoms. The third-order valence-corrected chi connectivity index (χ3v) is 2.81. The van der Waals surface area contributed by atoms with Gasteiger partial charge in [0.1, 0.15) is 0 Å². The van der Waals surface area contributed by atoms with Crippen molar-refractivity contribution in [2.75, 3.05) is 5.32 Å². The van der Waals surface area contributed by atoms with E-state index in [0.29, 0.717) is 0 Å². The number of fused-ring (bicyclic) bond motifs is 3. The van der Waals surface area contributed by atoms with Gasteiger partial charge in [-0.2, -0.15) is 0 Å². The van der Waals surface area contributed by atoms with Crippen LogP contribution in [-0.2, 0) is 0 Å². The third-order valence-electron chi connectivity index (χ3n) is 2.81. The Kier molecular flexibility index (Phi) is 2.29. The topological polar surface area (TPSA) is 40.7 Å². The van der Waals surface area contributed by atoms with Gasteiger partial charge in [-0.05, 0) is 25.3 Å². The number of aromatic amines is 1. The zero-order valence-electron chi connectivity index (χ0n) is 9.57. The number of allylic oxidation sites excluding steroid dienone is 1. The first-order valence-electron chi connectivity index (χ1n) is 5.63. The summed E-state index contributed by atoms with van der Waals surface area (Å²) in [6.07, 6.45) is 5.66. The fraction of sp³-hybridized carbons (Fsp3) is 0.0714. The Morgan fingerprint density at radius 3 is 2.94 bits per heavy atom. The van der Waals surface area contributed by atoms with Gasteiger partial charge in [0.2, 0.25) is 0 Å². The van der Waals surface area contributed by atoms with Gasteiger partial charge in [-0.1, -0.05) is 24.3 Å². The molecule has 0 atom stereocenters. The summed E-state index contributed by atoms with van der Waals surface area (Å²) in [7, 11) is 0. The predicted molar refractivity (Wildman–Crippen MR) is 72.0 cm³/mol. The molecule has 3 aromatic rings. The van der Waals surface area contributed by atoms with Crippen LogP contribution in [0.5, 0.6) is 0 Å². The molecule has 0 aliphatic rings. The van der Waals surface area contributed by atoms with Crippen LogP contribution in [0.25, 0.3) is 21.8 Å². The Balaban J connectivity index is 2.31. The van der Waals surface area contributed by atoms with Gasteiger partial charge in [-0.15, -0.1) is 0 Å². The van der Waals surface area contributed by atoms with E-state index in [4.69, 9.17) is 0 Å². The molecule has 3 heteroatoms. The maximum Gasteiger partial charge on any atom is 0.154 e. The van der Waals surface area contributed by atoms with Crippen LogP contribution < -0.4 is 5.32 Å². The van der Waals surface area contributed by atoms with E-state index in [0.717, 1.165) is 16.9 Å². The molecule has 0 bridgehead atoms. The molecule has 2 heterocycles. The number of anilines is 1. The molecular weight excluding hydrogens is 210 g/mol. The van der Waals surface area contributed by atoms with Gasteiger partial charge < -0.3 is 10.3 Å². The van der Waals surface area contributed by atoms with Gasteiger partial charge in [0, 0.05) is 22.5 Å². The van der Waals surface area contributed by atoms with Crippen LogP contribution in [0.3, 0.4) is 0 Å². The molecule has 0 saturated carbocycles. The summed E-state index contributed by atoms with van der Waals surface area (Å²) < 4.78 is 0.